The summed E-state index contributed by atoms with van der Waals surface area (Å²) in [5.74, 6) is -0.0640. The maximum Gasteiger partial charge on any atom is 0.236 e. The summed E-state index contributed by atoms with van der Waals surface area (Å²) in [4.78, 5) is 13.1. The molecule has 88 valence electrons. The second-order valence-corrected chi connectivity index (χ2v) is 4.12. The van der Waals surface area contributed by atoms with E-state index >= 15 is 0 Å². The molecular formula is C10H20N2O3. The van der Waals surface area contributed by atoms with Crippen LogP contribution >= 0.6 is 0 Å². The maximum absolute atomic E-state index is 11.6. The van der Waals surface area contributed by atoms with Gasteiger partial charge in [0.15, 0.2) is 0 Å². The number of hydrogen-bond acceptors (Lipinski definition) is 4. The number of β-amino-alcohol motifs (C(OH)–C–C–N with tert-alkyl or cyclic N) is 2. The molecule has 5 heteroatoms. The quantitative estimate of drug-likeness (QED) is 0.560. The molecular weight excluding hydrogens is 196 g/mol. The number of aliphatic hydroxyl groups excluding tert-OH is 2. The van der Waals surface area contributed by atoms with Gasteiger partial charge in [0.05, 0.1) is 18.8 Å². The Kier molecular flexibility index (Phi) is 4.50. The zero-order valence-corrected chi connectivity index (χ0v) is 9.31. The number of carbonyl (C=O) groups is 1. The van der Waals surface area contributed by atoms with Gasteiger partial charge in [0.25, 0.3) is 0 Å². The van der Waals surface area contributed by atoms with Crippen LogP contribution in [0.1, 0.15) is 20.3 Å². The molecule has 5 nitrogen and oxygen atoms in total. The van der Waals surface area contributed by atoms with Crippen molar-refractivity contribution in [3.8, 4) is 0 Å². The van der Waals surface area contributed by atoms with Crippen molar-refractivity contribution in [2.45, 2.75) is 38.5 Å². The fraction of sp³-hybridized carbons (Fsp3) is 0.900. The molecule has 0 aromatic rings. The van der Waals surface area contributed by atoms with Crippen LogP contribution < -0.4 is 5.32 Å². The normalized spacial score (nSPS) is 28.1. The van der Waals surface area contributed by atoms with Crippen LogP contribution in [0, 0.1) is 0 Å². The standard InChI is InChI=1S/C10H20N2O3/c1-3-7(2)11-4-10(15)12-5-8(13)9(14)6-12/h7-9,11,13-14H,3-6H2,1-2H3. The number of aliphatic hydroxyl groups is 2. The number of carbonyl (C=O) groups excluding carboxylic acids is 1. The molecule has 1 rings (SSSR count). The number of hydrogen-bond donors (Lipinski definition) is 3. The van der Waals surface area contributed by atoms with Crippen molar-refractivity contribution in [1.29, 1.82) is 0 Å². The zero-order valence-electron chi connectivity index (χ0n) is 9.31. The summed E-state index contributed by atoms with van der Waals surface area (Å²) in [6.07, 6.45) is -0.617. The van der Waals surface area contributed by atoms with Crippen LogP contribution in [0.2, 0.25) is 0 Å². The SMILES string of the molecule is CCC(C)NCC(=O)N1CC(O)C(O)C1. The summed E-state index contributed by atoms with van der Waals surface area (Å²) in [6.45, 7) is 4.81. The smallest absolute Gasteiger partial charge is 0.236 e. The highest BCUT2D eigenvalue weighted by molar-refractivity contribution is 5.78. The fourth-order valence-corrected chi connectivity index (χ4v) is 1.49. The summed E-state index contributed by atoms with van der Waals surface area (Å²) in [5.41, 5.74) is 0. The third-order valence-electron chi connectivity index (χ3n) is 2.83. The number of amides is 1. The van der Waals surface area contributed by atoms with Crippen LogP contribution in [-0.4, -0.2) is 58.9 Å². The van der Waals surface area contributed by atoms with E-state index in [0.29, 0.717) is 6.04 Å². The lowest BCUT2D eigenvalue weighted by Gasteiger charge is -2.17. The van der Waals surface area contributed by atoms with E-state index in [2.05, 4.69) is 5.32 Å². The van der Waals surface area contributed by atoms with Gasteiger partial charge in [0.2, 0.25) is 5.91 Å². The lowest BCUT2D eigenvalue weighted by molar-refractivity contribution is -0.129. The average Bonchev–Trinajstić information content (AvgIpc) is 2.55. The van der Waals surface area contributed by atoms with E-state index in [0.717, 1.165) is 6.42 Å². The Morgan fingerprint density at radius 3 is 2.47 bits per heavy atom. The van der Waals surface area contributed by atoms with Gasteiger partial charge < -0.3 is 20.4 Å². The molecule has 0 bridgehead atoms. The van der Waals surface area contributed by atoms with Gasteiger partial charge in [0.1, 0.15) is 0 Å². The van der Waals surface area contributed by atoms with Crippen molar-refractivity contribution in [2.24, 2.45) is 0 Å². The van der Waals surface area contributed by atoms with Crippen molar-refractivity contribution >= 4 is 5.91 Å². The maximum atomic E-state index is 11.6. The molecule has 3 N–H and O–H groups in total. The number of nitrogens with one attached hydrogen (secondary N) is 1. The Balaban J connectivity index is 2.29. The van der Waals surface area contributed by atoms with Gasteiger partial charge in [-0.25, -0.2) is 0 Å². The Bertz CT molecular complexity index is 213. The van der Waals surface area contributed by atoms with E-state index in [4.69, 9.17) is 0 Å². The number of likely N-dealkylation sites (tertiary alicyclic amines) is 1. The molecule has 0 aromatic carbocycles. The predicted octanol–water partition coefficient (Wildman–Crippen LogP) is -1.06. The van der Waals surface area contributed by atoms with Gasteiger partial charge in [-0.3, -0.25) is 4.79 Å². The van der Waals surface area contributed by atoms with Crippen molar-refractivity contribution < 1.29 is 15.0 Å². The Morgan fingerprint density at radius 1 is 1.47 bits per heavy atom. The van der Waals surface area contributed by atoms with Crippen molar-refractivity contribution in [3.63, 3.8) is 0 Å². The predicted molar refractivity (Wildman–Crippen MR) is 56.3 cm³/mol. The summed E-state index contributed by atoms with van der Waals surface area (Å²) < 4.78 is 0. The number of nitrogens with zero attached hydrogens (tertiary/aromatic N) is 1. The molecule has 0 aromatic heterocycles. The first-order chi connectivity index (χ1) is 7.04. The first kappa shape index (κ1) is 12.4. The minimum Gasteiger partial charge on any atom is -0.388 e. The molecule has 1 aliphatic rings. The minimum atomic E-state index is -0.794. The highest BCUT2D eigenvalue weighted by Crippen LogP contribution is 2.09. The monoisotopic (exact) mass is 216 g/mol. The van der Waals surface area contributed by atoms with E-state index in [1.807, 2.05) is 13.8 Å². The molecule has 3 unspecified atom stereocenters. The Morgan fingerprint density at radius 2 is 2.00 bits per heavy atom. The second-order valence-electron chi connectivity index (χ2n) is 4.12. The molecule has 1 heterocycles. The molecule has 0 saturated carbocycles. The minimum absolute atomic E-state index is 0.0640. The second kappa shape index (κ2) is 5.44. The van der Waals surface area contributed by atoms with Crippen LogP contribution in [0.4, 0.5) is 0 Å². The van der Waals surface area contributed by atoms with Crippen LogP contribution in [0.5, 0.6) is 0 Å². The molecule has 1 fully saturated rings. The summed E-state index contributed by atoms with van der Waals surface area (Å²) in [6, 6.07) is 0.311. The highest BCUT2D eigenvalue weighted by atomic mass is 16.3. The van der Waals surface area contributed by atoms with E-state index < -0.39 is 12.2 Å². The first-order valence-corrected chi connectivity index (χ1v) is 5.41. The molecule has 0 aliphatic carbocycles. The molecule has 0 spiro atoms. The van der Waals surface area contributed by atoms with Gasteiger partial charge in [-0.2, -0.15) is 0 Å². The van der Waals surface area contributed by atoms with Gasteiger partial charge in [-0.1, -0.05) is 6.92 Å². The molecule has 0 radical (unpaired) electrons. The van der Waals surface area contributed by atoms with Crippen molar-refractivity contribution in [3.05, 3.63) is 0 Å². The first-order valence-electron chi connectivity index (χ1n) is 5.41. The summed E-state index contributed by atoms with van der Waals surface area (Å²) in [7, 11) is 0. The number of rotatable bonds is 4. The van der Waals surface area contributed by atoms with Crippen LogP contribution in [0.3, 0.4) is 0 Å². The van der Waals surface area contributed by atoms with Gasteiger partial charge >= 0.3 is 0 Å². The molecule has 1 amide bonds. The fourth-order valence-electron chi connectivity index (χ4n) is 1.49. The van der Waals surface area contributed by atoms with E-state index in [1.165, 1.54) is 4.90 Å². The van der Waals surface area contributed by atoms with Crippen molar-refractivity contribution in [2.75, 3.05) is 19.6 Å². The lowest BCUT2D eigenvalue weighted by Crippen LogP contribution is -2.40. The van der Waals surface area contributed by atoms with Gasteiger partial charge in [-0.05, 0) is 13.3 Å². The topological polar surface area (TPSA) is 72.8 Å². The highest BCUT2D eigenvalue weighted by Gasteiger charge is 2.32. The van der Waals surface area contributed by atoms with Crippen molar-refractivity contribution in [1.82, 2.24) is 10.2 Å². The average molecular weight is 216 g/mol. The zero-order chi connectivity index (χ0) is 11.4. The van der Waals surface area contributed by atoms with Gasteiger partial charge in [0, 0.05) is 19.1 Å². The molecule has 1 saturated heterocycles. The molecule has 1 aliphatic heterocycles. The summed E-state index contributed by atoms with van der Waals surface area (Å²) >= 11 is 0. The third kappa shape index (κ3) is 3.44. The van der Waals surface area contributed by atoms with E-state index in [-0.39, 0.29) is 25.5 Å². The molecule has 3 atom stereocenters. The van der Waals surface area contributed by atoms with E-state index in [9.17, 15) is 15.0 Å². The largest absolute Gasteiger partial charge is 0.388 e. The van der Waals surface area contributed by atoms with Crippen LogP contribution in [0.25, 0.3) is 0 Å². The van der Waals surface area contributed by atoms with E-state index in [1.54, 1.807) is 0 Å². The Hall–Kier alpha value is -0.650. The Labute approximate surface area is 90.1 Å². The van der Waals surface area contributed by atoms with Crippen LogP contribution in [0.15, 0.2) is 0 Å². The summed E-state index contributed by atoms with van der Waals surface area (Å²) in [5, 5.41) is 21.6. The third-order valence-corrected chi connectivity index (χ3v) is 2.83. The lowest BCUT2D eigenvalue weighted by atomic mass is 10.2. The van der Waals surface area contributed by atoms with Crippen LogP contribution in [-0.2, 0) is 4.79 Å². The van der Waals surface area contributed by atoms with Gasteiger partial charge in [-0.15, -0.1) is 0 Å². The molecule has 15 heavy (non-hydrogen) atoms.